The highest BCUT2D eigenvalue weighted by atomic mass is 16.5. The lowest BCUT2D eigenvalue weighted by Crippen LogP contribution is -2.53. The minimum atomic E-state index is 0.678. The van der Waals surface area contributed by atoms with Crippen molar-refractivity contribution in [3.8, 4) is 0 Å². The van der Waals surface area contributed by atoms with Crippen LogP contribution in [0.15, 0.2) is 0 Å². The number of ether oxygens (including phenoxy) is 1. The minimum absolute atomic E-state index is 0.678. The van der Waals surface area contributed by atoms with Crippen LogP contribution in [0.5, 0.6) is 0 Å². The van der Waals surface area contributed by atoms with Crippen molar-refractivity contribution in [1.82, 2.24) is 10.2 Å². The highest BCUT2D eigenvalue weighted by Crippen LogP contribution is 2.32. The first-order valence-electron chi connectivity index (χ1n) is 8.52. The Kier molecular flexibility index (Phi) is 8.74. The molecule has 1 fully saturated rings. The Morgan fingerprint density at radius 3 is 2.65 bits per heavy atom. The van der Waals surface area contributed by atoms with Crippen LogP contribution in [-0.2, 0) is 4.74 Å². The Balaban J connectivity index is 2.55. The molecule has 20 heavy (non-hydrogen) atoms. The van der Waals surface area contributed by atoms with Gasteiger partial charge < -0.3 is 15.0 Å². The van der Waals surface area contributed by atoms with Crippen molar-refractivity contribution in [2.24, 2.45) is 11.8 Å². The van der Waals surface area contributed by atoms with Gasteiger partial charge in [0.15, 0.2) is 0 Å². The Morgan fingerprint density at radius 1 is 1.30 bits per heavy atom. The molecule has 120 valence electrons. The lowest BCUT2D eigenvalue weighted by Gasteiger charge is -2.43. The highest BCUT2D eigenvalue weighted by molar-refractivity contribution is 4.91. The van der Waals surface area contributed by atoms with E-state index in [1.54, 1.807) is 7.11 Å². The van der Waals surface area contributed by atoms with Crippen LogP contribution < -0.4 is 5.32 Å². The third-order valence-electron chi connectivity index (χ3n) is 4.88. The van der Waals surface area contributed by atoms with Crippen molar-refractivity contribution < 1.29 is 4.74 Å². The van der Waals surface area contributed by atoms with Gasteiger partial charge in [-0.1, -0.05) is 20.8 Å². The van der Waals surface area contributed by atoms with Crippen LogP contribution in [0, 0.1) is 11.8 Å². The molecule has 3 atom stereocenters. The molecule has 0 radical (unpaired) electrons. The molecule has 3 heteroatoms. The number of hydrogen-bond donors (Lipinski definition) is 1. The first-order valence-corrected chi connectivity index (χ1v) is 8.52. The molecule has 0 aromatic heterocycles. The zero-order valence-corrected chi connectivity index (χ0v) is 14.3. The van der Waals surface area contributed by atoms with Crippen LogP contribution >= 0.6 is 0 Å². The van der Waals surface area contributed by atoms with Gasteiger partial charge in [0, 0.05) is 32.3 Å². The fraction of sp³-hybridized carbons (Fsp3) is 1.00. The summed E-state index contributed by atoms with van der Waals surface area (Å²) < 4.78 is 5.19. The van der Waals surface area contributed by atoms with Gasteiger partial charge in [-0.15, -0.1) is 0 Å². The maximum Gasteiger partial charge on any atom is 0.0474 e. The second-order valence-electron chi connectivity index (χ2n) is 6.77. The highest BCUT2D eigenvalue weighted by Gasteiger charge is 2.33. The lowest BCUT2D eigenvalue weighted by atomic mass is 9.76. The first kappa shape index (κ1) is 17.9. The molecule has 1 aliphatic carbocycles. The van der Waals surface area contributed by atoms with Gasteiger partial charge in [0.2, 0.25) is 0 Å². The Bertz CT molecular complexity index is 245. The molecule has 3 nitrogen and oxygen atoms in total. The maximum atomic E-state index is 5.19. The van der Waals surface area contributed by atoms with E-state index < -0.39 is 0 Å². The molecule has 0 aromatic carbocycles. The number of rotatable bonds is 9. The largest absolute Gasteiger partial charge is 0.385 e. The van der Waals surface area contributed by atoms with Gasteiger partial charge in [-0.2, -0.15) is 0 Å². The zero-order valence-electron chi connectivity index (χ0n) is 14.3. The predicted molar refractivity (Wildman–Crippen MR) is 87.2 cm³/mol. The van der Waals surface area contributed by atoms with E-state index in [0.717, 1.165) is 38.0 Å². The first-order chi connectivity index (χ1) is 9.60. The van der Waals surface area contributed by atoms with Gasteiger partial charge in [0.05, 0.1) is 0 Å². The molecule has 0 spiro atoms. The summed E-state index contributed by atoms with van der Waals surface area (Å²) in [7, 11) is 4.09. The summed E-state index contributed by atoms with van der Waals surface area (Å²) in [6, 6.07) is 1.37. The molecule has 1 saturated carbocycles. The van der Waals surface area contributed by atoms with Crippen molar-refractivity contribution in [1.29, 1.82) is 0 Å². The minimum Gasteiger partial charge on any atom is -0.385 e. The third kappa shape index (κ3) is 5.71. The van der Waals surface area contributed by atoms with Gasteiger partial charge >= 0.3 is 0 Å². The molecule has 0 amide bonds. The number of nitrogens with one attached hydrogen (secondary N) is 1. The van der Waals surface area contributed by atoms with E-state index in [-0.39, 0.29) is 0 Å². The summed E-state index contributed by atoms with van der Waals surface area (Å²) in [5, 5.41) is 3.78. The monoisotopic (exact) mass is 284 g/mol. The van der Waals surface area contributed by atoms with Crippen molar-refractivity contribution in [3.63, 3.8) is 0 Å². The van der Waals surface area contributed by atoms with Crippen LogP contribution in [-0.4, -0.2) is 50.8 Å². The van der Waals surface area contributed by atoms with Gasteiger partial charge in [-0.05, 0) is 57.5 Å². The van der Waals surface area contributed by atoms with E-state index in [1.165, 1.54) is 25.7 Å². The van der Waals surface area contributed by atoms with Gasteiger partial charge in [0.25, 0.3) is 0 Å². The number of nitrogens with zero attached hydrogens (tertiary/aromatic N) is 1. The van der Waals surface area contributed by atoms with E-state index >= 15 is 0 Å². The quantitative estimate of drug-likeness (QED) is 0.658. The average molecular weight is 284 g/mol. The van der Waals surface area contributed by atoms with Crippen molar-refractivity contribution >= 4 is 0 Å². The van der Waals surface area contributed by atoms with Gasteiger partial charge in [-0.25, -0.2) is 0 Å². The molecule has 0 heterocycles. The predicted octanol–water partition coefficient (Wildman–Crippen LogP) is 3.15. The molecule has 0 saturated heterocycles. The SMILES string of the molecule is CCCNC1CCC(C(C)C)CC1N(C)CCCOC. The summed E-state index contributed by atoms with van der Waals surface area (Å²) in [6.45, 7) is 10.2. The second-order valence-corrected chi connectivity index (χ2v) is 6.77. The fourth-order valence-electron chi connectivity index (χ4n) is 3.46. The molecule has 0 aromatic rings. The van der Waals surface area contributed by atoms with Crippen molar-refractivity contribution in [2.75, 3.05) is 33.9 Å². The second kappa shape index (κ2) is 9.75. The lowest BCUT2D eigenvalue weighted by molar-refractivity contribution is 0.0925. The summed E-state index contributed by atoms with van der Waals surface area (Å²) in [5.41, 5.74) is 0. The van der Waals surface area contributed by atoms with Crippen molar-refractivity contribution in [2.45, 2.75) is 65.0 Å². The number of hydrogen-bond acceptors (Lipinski definition) is 3. The molecule has 3 unspecified atom stereocenters. The van der Waals surface area contributed by atoms with Crippen LogP contribution in [0.3, 0.4) is 0 Å². The van der Waals surface area contributed by atoms with E-state index in [1.807, 2.05) is 0 Å². The molecule has 0 aliphatic heterocycles. The van der Waals surface area contributed by atoms with Gasteiger partial charge in [0.1, 0.15) is 0 Å². The van der Waals surface area contributed by atoms with Crippen LogP contribution in [0.1, 0.15) is 52.9 Å². The average Bonchev–Trinajstić information content (AvgIpc) is 2.44. The van der Waals surface area contributed by atoms with Crippen LogP contribution in [0.2, 0.25) is 0 Å². The number of likely N-dealkylation sites (N-methyl/N-ethyl adjacent to an activating group) is 1. The normalized spacial score (nSPS) is 27.4. The third-order valence-corrected chi connectivity index (χ3v) is 4.88. The van der Waals surface area contributed by atoms with Crippen LogP contribution in [0.4, 0.5) is 0 Å². The van der Waals surface area contributed by atoms with Crippen molar-refractivity contribution in [3.05, 3.63) is 0 Å². The van der Waals surface area contributed by atoms with E-state index in [0.29, 0.717) is 12.1 Å². The van der Waals surface area contributed by atoms with E-state index in [2.05, 4.69) is 38.0 Å². The molecule has 0 bridgehead atoms. The summed E-state index contributed by atoms with van der Waals surface area (Å²) in [5.74, 6) is 1.71. The Labute approximate surface area is 126 Å². The molecular weight excluding hydrogens is 248 g/mol. The molecule has 1 rings (SSSR count). The molecule has 1 N–H and O–H groups in total. The molecular formula is C17H36N2O. The molecule has 1 aliphatic rings. The summed E-state index contributed by atoms with van der Waals surface area (Å²) in [6.07, 6.45) is 6.44. The Hall–Kier alpha value is -0.120. The number of methoxy groups -OCH3 is 1. The van der Waals surface area contributed by atoms with E-state index in [9.17, 15) is 0 Å². The zero-order chi connectivity index (χ0) is 15.0. The standard InChI is InChI=1S/C17H36N2O/c1-6-10-18-16-9-8-15(14(2)3)13-17(16)19(4)11-7-12-20-5/h14-18H,6-13H2,1-5H3. The van der Waals surface area contributed by atoms with Gasteiger partial charge in [-0.3, -0.25) is 0 Å². The maximum absolute atomic E-state index is 5.19. The fourth-order valence-corrected chi connectivity index (χ4v) is 3.46. The smallest absolute Gasteiger partial charge is 0.0474 e. The van der Waals surface area contributed by atoms with Crippen LogP contribution in [0.25, 0.3) is 0 Å². The Morgan fingerprint density at radius 2 is 2.05 bits per heavy atom. The topological polar surface area (TPSA) is 24.5 Å². The van der Waals surface area contributed by atoms with E-state index in [4.69, 9.17) is 4.74 Å². The summed E-state index contributed by atoms with van der Waals surface area (Å²) >= 11 is 0. The summed E-state index contributed by atoms with van der Waals surface area (Å²) in [4.78, 5) is 2.57.